The van der Waals surface area contributed by atoms with Crippen LogP contribution in [0.2, 0.25) is 0 Å². The smallest absolute Gasteiger partial charge is 0.462 e. The van der Waals surface area contributed by atoms with E-state index in [0.717, 1.165) is 64.2 Å². The van der Waals surface area contributed by atoms with Gasteiger partial charge in [-0.3, -0.25) is 23.2 Å². The van der Waals surface area contributed by atoms with Gasteiger partial charge in [0.05, 0.1) is 19.8 Å². The van der Waals surface area contributed by atoms with Crippen LogP contribution in [0.5, 0.6) is 0 Å². The third-order valence-corrected chi connectivity index (χ3v) is 10.5. The van der Waals surface area contributed by atoms with Gasteiger partial charge in [0.1, 0.15) is 12.7 Å². The van der Waals surface area contributed by atoms with E-state index < -0.39 is 66.2 Å². The molecule has 0 saturated carbocycles. The summed E-state index contributed by atoms with van der Waals surface area (Å²) in [5.41, 5.74) is 0. The number of unbranched alkanes of at least 4 members (excludes halogenated alkanes) is 14. The second-order valence-electron chi connectivity index (χ2n) is 15.0. The van der Waals surface area contributed by atoms with Crippen molar-refractivity contribution < 1.29 is 61.6 Å². The average Bonchev–Trinajstić information content (AvgIpc) is 3.22. The zero-order chi connectivity index (χ0) is 45.1. The maximum absolute atomic E-state index is 12.7. The number of ether oxygens (including phenoxy) is 2. The Labute approximate surface area is 367 Å². The quantitative estimate of drug-likeness (QED) is 0.0196. The van der Waals surface area contributed by atoms with E-state index >= 15 is 0 Å². The van der Waals surface area contributed by atoms with Gasteiger partial charge in [-0.2, -0.15) is 0 Å². The number of hydrogen-bond donors (Lipinski definition) is 4. The monoisotopic (exact) mass is 903 g/mol. The van der Waals surface area contributed by atoms with Crippen molar-refractivity contribution in [3.8, 4) is 0 Å². The molecule has 0 saturated heterocycles. The number of phosphoric ester groups is 2. The number of hydrogen-bond acceptors (Lipinski definition) is 10. The summed E-state index contributed by atoms with van der Waals surface area (Å²) < 4.78 is 47.7. The Hall–Kier alpha value is -2.44. The Morgan fingerprint density at radius 1 is 0.475 bits per heavy atom. The molecule has 0 aliphatic carbocycles. The van der Waals surface area contributed by atoms with E-state index in [9.17, 15) is 28.7 Å². The molecule has 61 heavy (non-hydrogen) atoms. The van der Waals surface area contributed by atoms with Crippen molar-refractivity contribution in [2.24, 2.45) is 0 Å². The lowest BCUT2D eigenvalue weighted by molar-refractivity contribution is -0.161. The predicted molar refractivity (Wildman–Crippen MR) is 244 cm³/mol. The zero-order valence-corrected chi connectivity index (χ0v) is 39.0. The lowest BCUT2D eigenvalue weighted by Gasteiger charge is -2.20. The van der Waals surface area contributed by atoms with E-state index in [1.54, 1.807) is 0 Å². The van der Waals surface area contributed by atoms with Crippen molar-refractivity contribution in [2.75, 3.05) is 26.4 Å². The molecule has 4 N–H and O–H groups in total. The van der Waals surface area contributed by atoms with Gasteiger partial charge in [0.25, 0.3) is 0 Å². The molecular weight excluding hydrogens is 822 g/mol. The summed E-state index contributed by atoms with van der Waals surface area (Å²) in [5, 5.41) is 9.75. The lowest BCUT2D eigenvalue weighted by atomic mass is 10.1. The highest BCUT2D eigenvalue weighted by Gasteiger charge is 2.28. The van der Waals surface area contributed by atoms with Crippen LogP contribution in [0.1, 0.15) is 168 Å². The van der Waals surface area contributed by atoms with Crippen molar-refractivity contribution in [3.63, 3.8) is 0 Å². The Morgan fingerprint density at radius 3 is 1.39 bits per heavy atom. The maximum atomic E-state index is 12.7. The summed E-state index contributed by atoms with van der Waals surface area (Å²) in [6.07, 6.45) is 46.1. The van der Waals surface area contributed by atoms with Crippen molar-refractivity contribution in [1.82, 2.24) is 0 Å². The molecule has 13 nitrogen and oxygen atoms in total. The van der Waals surface area contributed by atoms with Crippen LogP contribution >= 0.6 is 15.6 Å². The van der Waals surface area contributed by atoms with E-state index in [-0.39, 0.29) is 12.8 Å². The average molecular weight is 903 g/mol. The number of aliphatic hydroxyl groups is 1. The first kappa shape index (κ1) is 58.6. The molecule has 3 atom stereocenters. The summed E-state index contributed by atoms with van der Waals surface area (Å²) in [5.74, 6) is -1.12. The van der Waals surface area contributed by atoms with Gasteiger partial charge in [0.2, 0.25) is 0 Å². The standard InChI is InChI=1S/C46H80O13P2/c1-3-5-7-9-11-13-15-17-19-21-23-25-27-29-31-33-35-37-45(48)55-41-44(42-58-61(53,54)57-40-43(47)39-56-60(50,51)52)59-46(49)38-36-34-32-30-28-26-24-22-20-18-16-14-12-10-8-6-4-2/h11,13,17-20,23-26,30,32,43-44,47H,3-10,12,14-16,21-22,27-29,31,33-42H2,1-2H3,(H,53,54)(H2,50,51,52)/b13-11-,19-17-,20-18-,25-23-,26-24-,32-30-/t43-,44+/m0/s1. The predicted octanol–water partition coefficient (Wildman–Crippen LogP) is 11.8. The molecule has 0 spiro atoms. The van der Waals surface area contributed by atoms with Gasteiger partial charge in [-0.25, -0.2) is 9.13 Å². The highest BCUT2D eigenvalue weighted by Crippen LogP contribution is 2.43. The van der Waals surface area contributed by atoms with Gasteiger partial charge < -0.3 is 29.3 Å². The van der Waals surface area contributed by atoms with Gasteiger partial charge in [0.15, 0.2) is 6.10 Å². The first-order chi connectivity index (χ1) is 29.4. The van der Waals surface area contributed by atoms with Crippen LogP contribution < -0.4 is 0 Å². The number of aliphatic hydroxyl groups excluding tert-OH is 1. The van der Waals surface area contributed by atoms with E-state index in [4.69, 9.17) is 23.8 Å². The van der Waals surface area contributed by atoms with Crippen molar-refractivity contribution in [1.29, 1.82) is 0 Å². The van der Waals surface area contributed by atoms with Crippen LogP contribution in [0, 0.1) is 0 Å². The summed E-state index contributed by atoms with van der Waals surface area (Å²) in [7, 11) is -9.70. The van der Waals surface area contributed by atoms with E-state index in [1.165, 1.54) is 57.8 Å². The van der Waals surface area contributed by atoms with Crippen molar-refractivity contribution in [3.05, 3.63) is 72.9 Å². The van der Waals surface area contributed by atoms with Crippen LogP contribution in [-0.2, 0) is 41.8 Å². The molecule has 1 unspecified atom stereocenters. The topological polar surface area (TPSA) is 195 Å². The van der Waals surface area contributed by atoms with Crippen LogP contribution in [0.15, 0.2) is 72.9 Å². The Morgan fingerprint density at radius 2 is 0.869 bits per heavy atom. The van der Waals surface area contributed by atoms with Gasteiger partial charge >= 0.3 is 27.6 Å². The molecule has 0 aromatic carbocycles. The summed E-state index contributed by atoms with van der Waals surface area (Å²) >= 11 is 0. The molecule has 15 heteroatoms. The molecule has 0 aliphatic heterocycles. The third kappa shape index (κ3) is 45.4. The zero-order valence-electron chi connectivity index (χ0n) is 37.2. The molecule has 0 bridgehead atoms. The molecule has 0 aromatic rings. The molecule has 0 radical (unpaired) electrons. The second kappa shape index (κ2) is 41.6. The van der Waals surface area contributed by atoms with Crippen LogP contribution in [0.4, 0.5) is 0 Å². The van der Waals surface area contributed by atoms with Crippen molar-refractivity contribution in [2.45, 2.75) is 180 Å². The molecule has 352 valence electrons. The molecule has 0 amide bonds. The van der Waals surface area contributed by atoms with E-state index in [0.29, 0.717) is 19.3 Å². The third-order valence-electron chi connectivity index (χ3n) is 9.06. The van der Waals surface area contributed by atoms with E-state index in [1.807, 2.05) is 12.2 Å². The van der Waals surface area contributed by atoms with Crippen LogP contribution in [0.25, 0.3) is 0 Å². The van der Waals surface area contributed by atoms with Gasteiger partial charge in [-0.05, 0) is 83.5 Å². The lowest BCUT2D eigenvalue weighted by Crippen LogP contribution is -2.29. The fourth-order valence-electron chi connectivity index (χ4n) is 5.60. The number of esters is 2. The van der Waals surface area contributed by atoms with Gasteiger partial charge in [-0.15, -0.1) is 0 Å². The number of rotatable bonds is 42. The summed E-state index contributed by atoms with van der Waals surface area (Å²) in [6, 6.07) is 0. The van der Waals surface area contributed by atoms with Crippen molar-refractivity contribution >= 4 is 27.6 Å². The highest BCUT2D eigenvalue weighted by molar-refractivity contribution is 7.47. The number of phosphoric acid groups is 2. The Balaban J connectivity index is 4.64. The number of carbonyl (C=O) groups excluding carboxylic acids is 2. The first-order valence-corrected chi connectivity index (χ1v) is 25.7. The highest BCUT2D eigenvalue weighted by atomic mass is 31.2. The Bertz CT molecular complexity index is 1350. The minimum atomic E-state index is -4.87. The van der Waals surface area contributed by atoms with E-state index in [2.05, 4.69) is 83.7 Å². The first-order valence-electron chi connectivity index (χ1n) is 22.6. The number of carbonyl (C=O) groups is 2. The number of allylic oxidation sites excluding steroid dienone is 12. The van der Waals surface area contributed by atoms with Crippen LogP contribution in [0.3, 0.4) is 0 Å². The van der Waals surface area contributed by atoms with Crippen LogP contribution in [-0.4, -0.2) is 70.4 Å². The second-order valence-corrected chi connectivity index (χ2v) is 17.7. The minimum Gasteiger partial charge on any atom is -0.462 e. The molecule has 0 fully saturated rings. The van der Waals surface area contributed by atoms with Gasteiger partial charge in [-0.1, -0.05) is 145 Å². The largest absolute Gasteiger partial charge is 0.472 e. The molecule has 0 rings (SSSR count). The molecule has 0 aliphatic rings. The minimum absolute atomic E-state index is 0.0514. The molecular formula is C46H80O13P2. The fourth-order valence-corrected chi connectivity index (χ4v) is 6.76. The molecule has 0 aromatic heterocycles. The van der Waals surface area contributed by atoms with Gasteiger partial charge in [0, 0.05) is 12.8 Å². The SMILES string of the molecule is CCCCC/C=C\C/C=C\C/C=C\CCCCCCC(=O)OC[C@H](COP(=O)(O)OC[C@@H](O)COP(=O)(O)O)OC(=O)CCC/C=C\C/C=C\C/C=C\CCCCCCCC. The summed E-state index contributed by atoms with van der Waals surface area (Å²) in [4.78, 5) is 52.7. The molecule has 0 heterocycles. The Kier molecular flexibility index (Phi) is 39.9. The summed E-state index contributed by atoms with van der Waals surface area (Å²) in [6.45, 7) is 1.64. The normalized spacial score (nSPS) is 14.7. The maximum Gasteiger partial charge on any atom is 0.472 e. The fraction of sp³-hybridized carbons (Fsp3) is 0.696.